The van der Waals surface area contributed by atoms with Crippen molar-refractivity contribution in [2.24, 2.45) is 0 Å². The third-order valence-corrected chi connectivity index (χ3v) is 5.59. The minimum absolute atomic E-state index is 0.0309. The molecule has 0 bridgehead atoms. The Bertz CT molecular complexity index is 1150. The van der Waals surface area contributed by atoms with Crippen LogP contribution in [0.15, 0.2) is 94.6 Å². The number of benzene rings is 3. The summed E-state index contributed by atoms with van der Waals surface area (Å²) in [5, 5.41) is 0.884. The molecule has 0 saturated heterocycles. The normalized spacial score (nSPS) is 10.7. The van der Waals surface area contributed by atoms with Crippen LogP contribution in [0.2, 0.25) is 5.02 Å². The quantitative estimate of drug-likeness (QED) is 0.176. The number of nitrogens with zero attached hydrogens (tertiary/aromatic N) is 1. The molecule has 0 amide bonds. The molecule has 0 unspecified atom stereocenters. The molecule has 4 rings (SSSR count). The molecule has 0 N–H and O–H groups in total. The molecule has 0 radical (unpaired) electrons. The molecule has 0 atom stereocenters. The molecule has 0 aliphatic rings. The van der Waals surface area contributed by atoms with Crippen molar-refractivity contribution in [1.82, 2.24) is 4.98 Å². The van der Waals surface area contributed by atoms with Gasteiger partial charge in [0.05, 0.1) is 0 Å². The first kappa shape index (κ1) is 21.9. The molecule has 160 valence electrons. The van der Waals surface area contributed by atoms with E-state index in [1.807, 2.05) is 60.7 Å². The van der Waals surface area contributed by atoms with E-state index in [0.29, 0.717) is 27.3 Å². The fraction of sp³-hybridized carbons (Fsp3) is 0.0800. The van der Waals surface area contributed by atoms with Crippen molar-refractivity contribution in [1.29, 1.82) is 0 Å². The number of esters is 1. The van der Waals surface area contributed by atoms with Crippen LogP contribution in [0.5, 0.6) is 0 Å². The van der Waals surface area contributed by atoms with E-state index in [0.717, 1.165) is 22.9 Å². The van der Waals surface area contributed by atoms with Gasteiger partial charge in [-0.15, -0.1) is 0 Å². The summed E-state index contributed by atoms with van der Waals surface area (Å²) in [6.07, 6.45) is 0. The molecule has 1 aromatic heterocycles. The Balaban J connectivity index is 1.42. The Morgan fingerprint density at radius 2 is 1.50 bits per heavy atom. The summed E-state index contributed by atoms with van der Waals surface area (Å²) < 4.78 is 11.1. The lowest BCUT2D eigenvalue weighted by molar-refractivity contribution is -0.139. The number of hydrogen-bond donors (Lipinski definition) is 0. The number of hydrogen-bond acceptors (Lipinski definition) is 6. The summed E-state index contributed by atoms with van der Waals surface area (Å²) in [6.45, 7) is -0.336. The van der Waals surface area contributed by atoms with Crippen LogP contribution in [0.3, 0.4) is 0 Å². The van der Waals surface area contributed by atoms with E-state index in [-0.39, 0.29) is 18.1 Å². The zero-order valence-corrected chi connectivity index (χ0v) is 18.4. The van der Waals surface area contributed by atoms with Crippen LogP contribution < -0.4 is 0 Å². The summed E-state index contributed by atoms with van der Waals surface area (Å²) in [6, 6.07) is 25.8. The molecule has 32 heavy (non-hydrogen) atoms. The number of rotatable bonds is 8. The Hall–Kier alpha value is -3.35. The lowest BCUT2D eigenvalue weighted by Crippen LogP contribution is -2.15. The number of Topliss-reactive ketones (excluding diaryl/α,β-unsaturated/α-hetero) is 1. The van der Waals surface area contributed by atoms with Crippen molar-refractivity contribution in [3.63, 3.8) is 0 Å². The highest BCUT2D eigenvalue weighted by molar-refractivity contribution is 7.99. The fourth-order valence-corrected chi connectivity index (χ4v) is 3.72. The average molecular weight is 464 g/mol. The van der Waals surface area contributed by atoms with Crippen LogP contribution in [0.1, 0.15) is 10.4 Å². The summed E-state index contributed by atoms with van der Waals surface area (Å²) in [4.78, 5) is 28.9. The maximum atomic E-state index is 12.2. The lowest BCUT2D eigenvalue weighted by atomic mass is 10.1. The highest BCUT2D eigenvalue weighted by atomic mass is 35.5. The Morgan fingerprint density at radius 1 is 0.875 bits per heavy atom. The van der Waals surface area contributed by atoms with Crippen LogP contribution >= 0.6 is 23.4 Å². The van der Waals surface area contributed by atoms with Crippen molar-refractivity contribution >= 4 is 35.1 Å². The first-order chi connectivity index (χ1) is 15.6. The zero-order valence-electron chi connectivity index (χ0n) is 16.9. The molecule has 0 aliphatic carbocycles. The topological polar surface area (TPSA) is 69.4 Å². The third-order valence-electron chi connectivity index (χ3n) is 4.53. The number of ether oxygens (including phenoxy) is 1. The van der Waals surface area contributed by atoms with E-state index >= 15 is 0 Å². The van der Waals surface area contributed by atoms with Gasteiger partial charge < -0.3 is 9.15 Å². The zero-order chi connectivity index (χ0) is 22.3. The van der Waals surface area contributed by atoms with Crippen LogP contribution in [0.25, 0.3) is 22.6 Å². The average Bonchev–Trinajstić information content (AvgIpc) is 3.27. The first-order valence-corrected chi connectivity index (χ1v) is 11.2. The molecular weight excluding hydrogens is 446 g/mol. The number of ketones is 1. The number of carbonyl (C=O) groups excluding carboxylic acids is 2. The number of aromatic nitrogens is 1. The van der Waals surface area contributed by atoms with Crippen molar-refractivity contribution in [2.45, 2.75) is 5.22 Å². The van der Waals surface area contributed by atoms with Crippen molar-refractivity contribution in [2.75, 3.05) is 12.4 Å². The predicted octanol–water partition coefficient (Wildman–Crippen LogP) is 6.18. The minimum Gasteiger partial charge on any atom is -0.457 e. The maximum absolute atomic E-state index is 12.2. The fourth-order valence-electron chi connectivity index (χ4n) is 2.97. The van der Waals surface area contributed by atoms with Gasteiger partial charge in [0.1, 0.15) is 11.4 Å². The largest absolute Gasteiger partial charge is 0.457 e. The Morgan fingerprint density at radius 3 is 2.16 bits per heavy atom. The van der Waals surface area contributed by atoms with Crippen molar-refractivity contribution < 1.29 is 18.7 Å². The van der Waals surface area contributed by atoms with Crippen molar-refractivity contribution in [3.05, 3.63) is 95.5 Å². The third kappa shape index (κ3) is 5.46. The van der Waals surface area contributed by atoms with Crippen LogP contribution in [0, 0.1) is 0 Å². The molecular formula is C25H18ClNO4S. The molecule has 1 heterocycles. The van der Waals surface area contributed by atoms with Crippen LogP contribution in [-0.4, -0.2) is 29.1 Å². The second-order valence-corrected chi connectivity index (χ2v) is 8.13. The number of thioether (sulfide) groups is 1. The highest BCUT2D eigenvalue weighted by Gasteiger charge is 2.18. The van der Waals surface area contributed by atoms with E-state index in [4.69, 9.17) is 20.8 Å². The van der Waals surface area contributed by atoms with Gasteiger partial charge in [0, 0.05) is 21.7 Å². The van der Waals surface area contributed by atoms with Gasteiger partial charge in [-0.2, -0.15) is 0 Å². The standard InChI is InChI=1S/C25H18ClNO4S/c26-20-13-11-17(12-14-20)21(28)15-30-22(29)16-32-25-27-23(18-7-3-1-4-8-18)24(31-25)19-9-5-2-6-10-19/h1-14H,15-16H2. The number of carbonyl (C=O) groups is 2. The van der Waals surface area contributed by atoms with Gasteiger partial charge in [-0.3, -0.25) is 9.59 Å². The second kappa shape index (κ2) is 10.3. The molecule has 0 saturated carbocycles. The van der Waals surface area contributed by atoms with Crippen LogP contribution in [0.4, 0.5) is 0 Å². The Labute approximate surface area is 194 Å². The van der Waals surface area contributed by atoms with Gasteiger partial charge >= 0.3 is 5.97 Å². The van der Waals surface area contributed by atoms with Crippen molar-refractivity contribution in [3.8, 4) is 22.6 Å². The van der Waals surface area contributed by atoms with Gasteiger partial charge in [0.15, 0.2) is 18.2 Å². The van der Waals surface area contributed by atoms with E-state index in [2.05, 4.69) is 4.98 Å². The van der Waals surface area contributed by atoms with E-state index in [1.54, 1.807) is 24.3 Å². The summed E-state index contributed by atoms with van der Waals surface area (Å²) in [5.41, 5.74) is 2.94. The maximum Gasteiger partial charge on any atom is 0.316 e. The second-order valence-electron chi connectivity index (χ2n) is 6.77. The highest BCUT2D eigenvalue weighted by Crippen LogP contribution is 2.35. The molecule has 3 aromatic carbocycles. The lowest BCUT2D eigenvalue weighted by Gasteiger charge is -2.03. The smallest absolute Gasteiger partial charge is 0.316 e. The molecule has 0 spiro atoms. The minimum atomic E-state index is -0.530. The number of oxazole rings is 1. The molecule has 4 aromatic rings. The first-order valence-electron chi connectivity index (χ1n) is 9.79. The molecule has 0 fully saturated rings. The molecule has 7 heteroatoms. The molecule has 5 nitrogen and oxygen atoms in total. The number of halogens is 1. The van der Waals surface area contributed by atoms with Gasteiger partial charge in [-0.1, -0.05) is 84.0 Å². The summed E-state index contributed by atoms with van der Waals surface area (Å²) in [5.74, 6) is -0.228. The van der Waals surface area contributed by atoms with E-state index in [9.17, 15) is 9.59 Å². The van der Waals surface area contributed by atoms with E-state index in [1.165, 1.54) is 0 Å². The van der Waals surface area contributed by atoms with Gasteiger partial charge in [0.25, 0.3) is 5.22 Å². The predicted molar refractivity (Wildman–Crippen MR) is 125 cm³/mol. The Kier molecular flexibility index (Phi) is 7.04. The van der Waals surface area contributed by atoms with Gasteiger partial charge in [0.2, 0.25) is 0 Å². The van der Waals surface area contributed by atoms with E-state index < -0.39 is 5.97 Å². The summed E-state index contributed by atoms with van der Waals surface area (Å²) in [7, 11) is 0. The molecule has 0 aliphatic heterocycles. The summed E-state index contributed by atoms with van der Waals surface area (Å²) >= 11 is 6.94. The SMILES string of the molecule is O=C(CSc1nc(-c2ccccc2)c(-c2ccccc2)o1)OCC(=O)c1ccc(Cl)cc1. The van der Waals surface area contributed by atoms with Gasteiger partial charge in [-0.25, -0.2) is 4.98 Å². The van der Waals surface area contributed by atoms with Gasteiger partial charge in [-0.05, 0) is 24.3 Å². The van der Waals surface area contributed by atoms with Crippen LogP contribution in [-0.2, 0) is 9.53 Å². The monoisotopic (exact) mass is 463 g/mol.